The fourth-order valence-corrected chi connectivity index (χ4v) is 11.5. The minimum atomic E-state index is -0.197. The van der Waals surface area contributed by atoms with Crippen molar-refractivity contribution < 1.29 is 4.74 Å². The molecule has 0 aromatic rings. The lowest BCUT2D eigenvalue weighted by atomic mass is 9.83. The lowest BCUT2D eigenvalue weighted by molar-refractivity contribution is -0.130. The van der Waals surface area contributed by atoms with E-state index in [-0.39, 0.29) is 11.1 Å². The molecule has 0 spiro atoms. The lowest BCUT2D eigenvalue weighted by Crippen LogP contribution is -2.64. The Bertz CT molecular complexity index is 1520. The molecule has 67 heavy (non-hydrogen) atoms. The topological polar surface area (TPSA) is 91.1 Å². The molecule has 0 N–H and O–H groups in total. The number of hydrogen-bond acceptors (Lipinski definition) is 15. The van der Waals surface area contributed by atoms with Gasteiger partial charge in [-0.2, -0.15) is 0 Å². The van der Waals surface area contributed by atoms with Gasteiger partial charge in [0.1, 0.15) is 0 Å². The molecule has 15 heteroatoms. The summed E-state index contributed by atoms with van der Waals surface area (Å²) in [5, 5.41) is 0. The van der Waals surface area contributed by atoms with Crippen LogP contribution in [0.5, 0.6) is 0 Å². The van der Waals surface area contributed by atoms with E-state index < -0.39 is 0 Å². The summed E-state index contributed by atoms with van der Waals surface area (Å²) in [6.45, 7) is 47.7. The Morgan fingerprint density at radius 2 is 0.851 bits per heavy atom. The molecular formula is C52H100N14O. The molecule has 2 saturated heterocycles. The fraction of sp³-hybridized carbons (Fsp3) is 0.923. The van der Waals surface area contributed by atoms with Gasteiger partial charge < -0.3 is 24.3 Å². The van der Waals surface area contributed by atoms with Crippen molar-refractivity contribution in [3.8, 4) is 0 Å². The summed E-state index contributed by atoms with van der Waals surface area (Å²) < 4.78 is 7.24. The highest BCUT2D eigenvalue weighted by atomic mass is 16.5. The van der Waals surface area contributed by atoms with E-state index in [1.165, 1.54) is 74.7 Å². The molecular weight excluding hydrogens is 837 g/mol. The highest BCUT2D eigenvalue weighted by Gasteiger charge is 2.41. The van der Waals surface area contributed by atoms with E-state index in [0.29, 0.717) is 12.0 Å². The Morgan fingerprint density at radius 3 is 1.18 bits per heavy atom. The second kappa shape index (κ2) is 26.7. The van der Waals surface area contributed by atoms with Gasteiger partial charge in [0, 0.05) is 116 Å². The Labute approximate surface area is 410 Å². The highest BCUT2D eigenvalue weighted by Crippen LogP contribution is 2.34. The third-order valence-corrected chi connectivity index (χ3v) is 16.7. The molecule has 4 unspecified atom stereocenters. The standard InChI is InChI=1S/C52H100N14O/c1-11-51(9,37-46(4)65-41-57(25-17-33-61-29-13-21-53-47(61)5)39-58(42-65)26-18-34-62-30-14-22-54-48(62)6)67-38-45(3)52(10,12-2)66-43-59(27-19-35-63-31-15-23-55-49(63)7)40-60(44-66)28-20-36-64-32-16-24-56-50(64)8/h45-46H,11-44H2,1-10H3. The molecule has 0 saturated carbocycles. The number of rotatable bonds is 26. The first-order valence-electron chi connectivity index (χ1n) is 27.4. The van der Waals surface area contributed by atoms with Crippen molar-refractivity contribution in [3.63, 3.8) is 0 Å². The molecule has 0 amide bonds. The molecule has 6 aliphatic heterocycles. The largest absolute Gasteiger partial charge is 0.375 e. The predicted octanol–water partition coefficient (Wildman–Crippen LogP) is 6.40. The van der Waals surface area contributed by atoms with Crippen LogP contribution in [0.1, 0.15) is 140 Å². The SMILES string of the molecule is CCC(C)(CC(C)N1CN(CCCN2CCCN=C2C)CN(CCCN2CCCN=C2C)C1)OCC(C)C(C)(CC)N1CN(CCCN2CCCN=C2C)CN(CCCN2CCCN=C2C)C1. The summed E-state index contributed by atoms with van der Waals surface area (Å²) in [5.74, 6) is 5.27. The third kappa shape index (κ3) is 16.1. The quantitative estimate of drug-likeness (QED) is 0.0967. The summed E-state index contributed by atoms with van der Waals surface area (Å²) >= 11 is 0. The molecule has 6 heterocycles. The average Bonchev–Trinajstić information content (AvgIpc) is 3.33. The molecule has 0 aliphatic carbocycles. The van der Waals surface area contributed by atoms with Crippen molar-refractivity contribution in [2.75, 3.05) is 151 Å². The fourth-order valence-electron chi connectivity index (χ4n) is 11.5. The maximum Gasteiger partial charge on any atom is 0.0957 e. The number of aliphatic imine (C=N–C) groups is 4. The smallest absolute Gasteiger partial charge is 0.0957 e. The molecule has 0 aromatic heterocycles. The summed E-state index contributed by atoms with van der Waals surface area (Å²) in [7, 11) is 0. The van der Waals surface area contributed by atoms with Crippen LogP contribution in [0, 0.1) is 5.92 Å². The summed E-state index contributed by atoms with van der Waals surface area (Å²) in [4.78, 5) is 45.4. The first kappa shape index (κ1) is 53.9. The monoisotopic (exact) mass is 937 g/mol. The predicted molar refractivity (Wildman–Crippen MR) is 281 cm³/mol. The van der Waals surface area contributed by atoms with E-state index in [4.69, 9.17) is 24.7 Å². The normalized spacial score (nSPS) is 24.5. The first-order valence-corrected chi connectivity index (χ1v) is 27.4. The summed E-state index contributed by atoms with van der Waals surface area (Å²) in [5.41, 5.74) is -0.189. The second-order valence-corrected chi connectivity index (χ2v) is 21.8. The van der Waals surface area contributed by atoms with Crippen molar-refractivity contribution in [2.45, 2.75) is 157 Å². The van der Waals surface area contributed by atoms with E-state index >= 15 is 0 Å². The molecule has 6 aliphatic rings. The van der Waals surface area contributed by atoms with Gasteiger partial charge in [-0.1, -0.05) is 20.8 Å². The van der Waals surface area contributed by atoms with Gasteiger partial charge >= 0.3 is 0 Å². The maximum absolute atomic E-state index is 7.24. The van der Waals surface area contributed by atoms with Gasteiger partial charge in [-0.25, -0.2) is 0 Å². The van der Waals surface area contributed by atoms with Crippen molar-refractivity contribution in [3.05, 3.63) is 0 Å². The minimum absolute atomic E-state index is 0.00841. The molecule has 4 atom stereocenters. The van der Waals surface area contributed by atoms with Crippen LogP contribution in [0.3, 0.4) is 0 Å². The first-order chi connectivity index (χ1) is 32.3. The molecule has 15 nitrogen and oxygen atoms in total. The Morgan fingerprint density at radius 1 is 0.493 bits per heavy atom. The van der Waals surface area contributed by atoms with Crippen LogP contribution in [0.15, 0.2) is 20.0 Å². The van der Waals surface area contributed by atoms with Crippen LogP contribution in [0.25, 0.3) is 0 Å². The minimum Gasteiger partial charge on any atom is -0.375 e. The van der Waals surface area contributed by atoms with Gasteiger partial charge in [0.2, 0.25) is 0 Å². The van der Waals surface area contributed by atoms with Gasteiger partial charge in [-0.3, -0.25) is 49.4 Å². The van der Waals surface area contributed by atoms with E-state index in [2.05, 4.69) is 118 Å². The Balaban J connectivity index is 1.06. The van der Waals surface area contributed by atoms with Gasteiger partial charge in [0.15, 0.2) is 0 Å². The van der Waals surface area contributed by atoms with Crippen molar-refractivity contribution in [1.29, 1.82) is 0 Å². The van der Waals surface area contributed by atoms with Crippen LogP contribution < -0.4 is 0 Å². The molecule has 0 aromatic carbocycles. The van der Waals surface area contributed by atoms with E-state index in [0.717, 1.165) is 171 Å². The van der Waals surface area contributed by atoms with E-state index in [1.807, 2.05) is 0 Å². The van der Waals surface area contributed by atoms with Gasteiger partial charge in [-0.05, 0) is 125 Å². The van der Waals surface area contributed by atoms with Gasteiger partial charge in [0.25, 0.3) is 0 Å². The zero-order chi connectivity index (χ0) is 47.8. The number of amidine groups is 4. The lowest BCUT2D eigenvalue weighted by Gasteiger charge is -2.53. The van der Waals surface area contributed by atoms with E-state index in [1.54, 1.807) is 0 Å². The van der Waals surface area contributed by atoms with Gasteiger partial charge in [-0.15, -0.1) is 0 Å². The van der Waals surface area contributed by atoms with Crippen LogP contribution in [-0.4, -0.2) is 241 Å². The van der Waals surface area contributed by atoms with Crippen LogP contribution >= 0.6 is 0 Å². The average molecular weight is 937 g/mol. The summed E-state index contributed by atoms with van der Waals surface area (Å²) in [6.07, 6.45) is 12.5. The van der Waals surface area contributed by atoms with Crippen molar-refractivity contribution in [2.24, 2.45) is 25.9 Å². The van der Waals surface area contributed by atoms with Gasteiger partial charge in [0.05, 0.1) is 75.6 Å². The van der Waals surface area contributed by atoms with E-state index in [9.17, 15) is 0 Å². The van der Waals surface area contributed by atoms with Crippen LogP contribution in [0.2, 0.25) is 0 Å². The molecule has 384 valence electrons. The number of hydrogen-bond donors (Lipinski definition) is 0. The molecule has 6 rings (SSSR count). The van der Waals surface area contributed by atoms with Crippen LogP contribution in [0.4, 0.5) is 0 Å². The van der Waals surface area contributed by atoms with Crippen molar-refractivity contribution >= 4 is 23.3 Å². The molecule has 0 radical (unpaired) electrons. The molecule has 2 fully saturated rings. The van der Waals surface area contributed by atoms with Crippen LogP contribution in [-0.2, 0) is 4.74 Å². The maximum atomic E-state index is 7.24. The second-order valence-electron chi connectivity index (χ2n) is 21.8. The Hall–Kier alpha value is -2.40. The Kier molecular flexibility index (Phi) is 21.5. The zero-order valence-electron chi connectivity index (χ0n) is 44.9. The summed E-state index contributed by atoms with van der Waals surface area (Å²) in [6, 6.07) is 0.403. The number of ether oxygens (including phenoxy) is 1. The zero-order valence-corrected chi connectivity index (χ0v) is 44.9. The highest BCUT2D eigenvalue weighted by molar-refractivity contribution is 5.81. The third-order valence-electron chi connectivity index (χ3n) is 16.7. The number of nitrogens with zero attached hydrogens (tertiary/aromatic N) is 14. The van der Waals surface area contributed by atoms with Crippen molar-refractivity contribution in [1.82, 2.24) is 49.0 Å². The molecule has 0 bridgehead atoms.